The van der Waals surface area contributed by atoms with Crippen molar-refractivity contribution >= 4 is 11.9 Å². The van der Waals surface area contributed by atoms with Gasteiger partial charge in [0.1, 0.15) is 5.75 Å². The van der Waals surface area contributed by atoms with Crippen LogP contribution in [0, 0.1) is 6.92 Å². The Morgan fingerprint density at radius 2 is 1.84 bits per heavy atom. The number of amides is 1. The maximum absolute atomic E-state index is 13.0. The molecule has 1 aliphatic heterocycles. The normalized spacial score (nSPS) is 13.9. The zero-order valence-electron chi connectivity index (χ0n) is 18.7. The van der Waals surface area contributed by atoms with Gasteiger partial charge in [0.2, 0.25) is 5.91 Å². The van der Waals surface area contributed by atoms with Crippen molar-refractivity contribution in [3.63, 3.8) is 0 Å². The predicted octanol–water partition coefficient (Wildman–Crippen LogP) is 3.74. The number of rotatable bonds is 9. The van der Waals surface area contributed by atoms with Crippen molar-refractivity contribution in [2.75, 3.05) is 33.3 Å². The number of likely N-dealkylation sites (tertiary alicyclic amines) is 1. The summed E-state index contributed by atoms with van der Waals surface area (Å²) in [6.45, 7) is 7.63. The third-order valence-electron chi connectivity index (χ3n) is 5.82. The summed E-state index contributed by atoms with van der Waals surface area (Å²) >= 11 is 0. The van der Waals surface area contributed by atoms with Crippen LogP contribution in [0.1, 0.15) is 36.5 Å². The molecule has 1 N–H and O–H groups in total. The molecule has 1 fully saturated rings. The van der Waals surface area contributed by atoms with Crippen molar-refractivity contribution in [3.05, 3.63) is 53.1 Å². The van der Waals surface area contributed by atoms with Crippen molar-refractivity contribution in [2.45, 2.75) is 39.7 Å². The topological polar surface area (TPSA) is 70.1 Å². The van der Waals surface area contributed by atoms with E-state index in [2.05, 4.69) is 11.0 Å². The fourth-order valence-corrected chi connectivity index (χ4v) is 4.18. The highest BCUT2D eigenvalue weighted by molar-refractivity contribution is 5.80. The maximum Gasteiger partial charge on any atom is 0.307 e. The highest BCUT2D eigenvalue weighted by Crippen LogP contribution is 2.34. The van der Waals surface area contributed by atoms with Gasteiger partial charge in [-0.3, -0.25) is 14.5 Å². The van der Waals surface area contributed by atoms with Crippen LogP contribution >= 0.6 is 0 Å². The average Bonchev–Trinajstić information content (AvgIpc) is 3.24. The molecule has 1 aliphatic rings. The Morgan fingerprint density at radius 3 is 2.48 bits per heavy atom. The van der Waals surface area contributed by atoms with Crippen molar-refractivity contribution in [3.8, 4) is 16.9 Å². The van der Waals surface area contributed by atoms with E-state index >= 15 is 0 Å². The fourth-order valence-electron chi connectivity index (χ4n) is 4.18. The highest BCUT2D eigenvalue weighted by atomic mass is 16.5. The molecular formula is C25H32N2O4. The van der Waals surface area contributed by atoms with Crippen LogP contribution in [0.15, 0.2) is 36.4 Å². The Hall–Kier alpha value is -2.86. The van der Waals surface area contributed by atoms with E-state index in [9.17, 15) is 14.7 Å². The number of methoxy groups -OCH3 is 1. The zero-order chi connectivity index (χ0) is 22.4. The SMILES string of the molecule is CCN(Cc1cc(C)ccc1-c1cc(CC(=O)O)ccc1OC)C(=O)CN1CCCC1. The molecule has 0 bridgehead atoms. The molecule has 0 atom stereocenters. The van der Waals surface area contributed by atoms with Crippen LogP contribution < -0.4 is 4.74 Å². The standard InChI is InChI=1S/C25H32N2O4/c1-4-27(24(28)17-26-11-5-6-12-26)16-20-13-18(2)7-9-21(20)22-14-19(15-25(29)30)8-10-23(22)31-3/h7-10,13-14H,4-6,11-12,15-17H2,1-3H3,(H,29,30). The van der Waals surface area contributed by atoms with Gasteiger partial charge in [-0.05, 0) is 68.6 Å². The summed E-state index contributed by atoms with van der Waals surface area (Å²) in [5.41, 5.74) is 4.67. The van der Waals surface area contributed by atoms with E-state index in [1.165, 1.54) is 0 Å². The molecule has 1 heterocycles. The van der Waals surface area contributed by atoms with Crippen molar-refractivity contribution in [1.29, 1.82) is 0 Å². The number of aliphatic carboxylic acids is 1. The van der Waals surface area contributed by atoms with Crippen molar-refractivity contribution in [2.24, 2.45) is 0 Å². The molecule has 0 aromatic heterocycles. The Balaban J connectivity index is 1.93. The number of carboxylic acids is 1. The van der Waals surface area contributed by atoms with Gasteiger partial charge < -0.3 is 14.7 Å². The van der Waals surface area contributed by atoms with E-state index in [1.54, 1.807) is 13.2 Å². The number of aryl methyl sites for hydroxylation is 1. The van der Waals surface area contributed by atoms with Gasteiger partial charge in [-0.25, -0.2) is 0 Å². The number of hydrogen-bond acceptors (Lipinski definition) is 4. The molecule has 0 unspecified atom stereocenters. The number of hydrogen-bond donors (Lipinski definition) is 1. The molecule has 0 radical (unpaired) electrons. The molecule has 0 saturated carbocycles. The smallest absolute Gasteiger partial charge is 0.307 e. The molecule has 2 aromatic rings. The first-order valence-corrected chi connectivity index (χ1v) is 10.9. The third-order valence-corrected chi connectivity index (χ3v) is 5.82. The Labute approximate surface area is 184 Å². The first-order chi connectivity index (χ1) is 14.9. The lowest BCUT2D eigenvalue weighted by Crippen LogP contribution is -2.39. The van der Waals surface area contributed by atoms with Gasteiger partial charge in [0, 0.05) is 18.7 Å². The van der Waals surface area contributed by atoms with E-state index in [-0.39, 0.29) is 12.3 Å². The number of likely N-dealkylation sites (N-methyl/N-ethyl adjacent to an activating group) is 1. The summed E-state index contributed by atoms with van der Waals surface area (Å²) in [7, 11) is 1.61. The molecule has 31 heavy (non-hydrogen) atoms. The second-order valence-corrected chi connectivity index (χ2v) is 8.16. The van der Waals surface area contributed by atoms with Crippen molar-refractivity contribution < 1.29 is 19.4 Å². The summed E-state index contributed by atoms with van der Waals surface area (Å²) in [6, 6.07) is 11.6. The number of ether oxygens (including phenoxy) is 1. The minimum atomic E-state index is -0.870. The number of nitrogens with zero attached hydrogens (tertiary/aromatic N) is 2. The van der Waals surface area contributed by atoms with Crippen LogP contribution in [0.5, 0.6) is 5.75 Å². The Kier molecular flexibility index (Phi) is 7.69. The lowest BCUT2D eigenvalue weighted by atomic mass is 9.94. The second kappa shape index (κ2) is 10.4. The van der Waals surface area contributed by atoms with Crippen LogP contribution in [0.4, 0.5) is 0 Å². The van der Waals surface area contributed by atoms with Gasteiger partial charge in [0.25, 0.3) is 0 Å². The van der Waals surface area contributed by atoms with E-state index < -0.39 is 5.97 Å². The zero-order valence-corrected chi connectivity index (χ0v) is 18.7. The second-order valence-electron chi connectivity index (χ2n) is 8.16. The number of carbonyl (C=O) groups is 2. The van der Waals surface area contributed by atoms with Gasteiger partial charge >= 0.3 is 5.97 Å². The van der Waals surface area contributed by atoms with Crippen molar-refractivity contribution in [1.82, 2.24) is 9.80 Å². The molecule has 166 valence electrons. The van der Waals surface area contributed by atoms with E-state index in [4.69, 9.17) is 4.74 Å². The summed E-state index contributed by atoms with van der Waals surface area (Å²) in [4.78, 5) is 28.3. The van der Waals surface area contributed by atoms with Gasteiger partial charge in [-0.2, -0.15) is 0 Å². The first kappa shape index (κ1) is 22.8. The minimum absolute atomic E-state index is 0.0480. The molecule has 1 amide bonds. The molecule has 1 saturated heterocycles. The Morgan fingerprint density at radius 1 is 1.10 bits per heavy atom. The lowest BCUT2D eigenvalue weighted by Gasteiger charge is -2.26. The van der Waals surface area contributed by atoms with Gasteiger partial charge in [0.05, 0.1) is 20.1 Å². The predicted molar refractivity (Wildman–Crippen MR) is 121 cm³/mol. The molecule has 6 nitrogen and oxygen atoms in total. The van der Waals surface area contributed by atoms with E-state index in [0.717, 1.165) is 48.2 Å². The van der Waals surface area contributed by atoms with Crippen LogP contribution in [0.25, 0.3) is 11.1 Å². The number of carboxylic acid groups (broad SMARTS) is 1. The quantitative estimate of drug-likeness (QED) is 0.664. The lowest BCUT2D eigenvalue weighted by molar-refractivity contribution is -0.136. The average molecular weight is 425 g/mol. The van der Waals surface area contributed by atoms with Crippen LogP contribution in [-0.2, 0) is 22.6 Å². The molecule has 6 heteroatoms. The number of carbonyl (C=O) groups excluding carboxylic acids is 1. The summed E-state index contributed by atoms with van der Waals surface area (Å²) in [5, 5.41) is 9.20. The summed E-state index contributed by atoms with van der Waals surface area (Å²) in [5.74, 6) is -0.0425. The van der Waals surface area contributed by atoms with Gasteiger partial charge in [-0.1, -0.05) is 29.8 Å². The Bertz CT molecular complexity index is 935. The van der Waals surface area contributed by atoms with E-state index in [0.29, 0.717) is 30.9 Å². The maximum atomic E-state index is 13.0. The van der Waals surface area contributed by atoms with Gasteiger partial charge in [0.15, 0.2) is 0 Å². The summed E-state index contributed by atoms with van der Waals surface area (Å²) in [6.07, 6.45) is 2.27. The summed E-state index contributed by atoms with van der Waals surface area (Å²) < 4.78 is 5.58. The van der Waals surface area contributed by atoms with E-state index in [1.807, 2.05) is 43.0 Å². The minimum Gasteiger partial charge on any atom is -0.496 e. The molecule has 0 aliphatic carbocycles. The third kappa shape index (κ3) is 5.85. The van der Waals surface area contributed by atoms with Gasteiger partial charge in [-0.15, -0.1) is 0 Å². The molecule has 0 spiro atoms. The van der Waals surface area contributed by atoms with Crippen LogP contribution in [0.2, 0.25) is 0 Å². The van der Waals surface area contributed by atoms with Crippen LogP contribution in [-0.4, -0.2) is 60.1 Å². The molecule has 3 rings (SSSR count). The highest BCUT2D eigenvalue weighted by Gasteiger charge is 2.21. The fraction of sp³-hybridized carbons (Fsp3) is 0.440. The largest absolute Gasteiger partial charge is 0.496 e. The van der Waals surface area contributed by atoms with Crippen LogP contribution in [0.3, 0.4) is 0 Å². The monoisotopic (exact) mass is 424 g/mol. The first-order valence-electron chi connectivity index (χ1n) is 10.9. The molecular weight excluding hydrogens is 392 g/mol. The molecule has 2 aromatic carbocycles. The number of benzene rings is 2.